The number of hydrogen-bond donors (Lipinski definition) is 0. The van der Waals surface area contributed by atoms with Crippen molar-refractivity contribution in [2.75, 3.05) is 27.2 Å². The zero-order valence-electron chi connectivity index (χ0n) is 20.9. The molecule has 0 radical (unpaired) electrons. The third-order valence-electron chi connectivity index (χ3n) is 6.18. The summed E-state index contributed by atoms with van der Waals surface area (Å²) in [6.45, 7) is 1.73. The van der Waals surface area contributed by atoms with Crippen molar-refractivity contribution in [3.05, 3.63) is 114 Å². The maximum absolute atomic E-state index is 14.1. The summed E-state index contributed by atoms with van der Waals surface area (Å²) in [5.74, 6) is -0.473. The first-order valence-electron chi connectivity index (χ1n) is 12.2. The molecule has 0 spiro atoms. The van der Waals surface area contributed by atoms with Crippen LogP contribution in [0.3, 0.4) is 0 Å². The Labute approximate surface area is 215 Å². The van der Waals surface area contributed by atoms with E-state index in [1.54, 1.807) is 22.7 Å². The Morgan fingerprint density at radius 3 is 2.14 bits per heavy atom. The molecular formula is C30H28FN5O. The average molecular weight is 494 g/mol. The molecule has 7 heteroatoms. The normalized spacial score (nSPS) is 11.2. The highest BCUT2D eigenvalue weighted by molar-refractivity contribution is 5.94. The van der Waals surface area contributed by atoms with Gasteiger partial charge in [-0.3, -0.25) is 4.79 Å². The van der Waals surface area contributed by atoms with E-state index < -0.39 is 0 Å². The standard InChI is InChI=1S/C30H28FN5O/c1-34(2)17-18-35(21-22-9-5-3-6-10-22)30(37)28-19-26(24-13-15-25(31)16-14-24)32-29-20-27(33-36(28)29)23-11-7-4-8-12-23/h3-16,19-20H,17-18,21H2,1-2H3. The van der Waals surface area contributed by atoms with Gasteiger partial charge in [-0.1, -0.05) is 60.7 Å². The number of aromatic nitrogens is 3. The zero-order chi connectivity index (χ0) is 25.8. The van der Waals surface area contributed by atoms with Crippen LogP contribution >= 0.6 is 0 Å². The van der Waals surface area contributed by atoms with E-state index >= 15 is 0 Å². The van der Waals surface area contributed by atoms with Crippen molar-refractivity contribution >= 4 is 11.6 Å². The van der Waals surface area contributed by atoms with Crippen LogP contribution in [0.4, 0.5) is 4.39 Å². The summed E-state index contributed by atoms with van der Waals surface area (Å²) < 4.78 is 15.2. The van der Waals surface area contributed by atoms with Crippen LogP contribution in [-0.2, 0) is 6.54 Å². The molecule has 0 saturated carbocycles. The lowest BCUT2D eigenvalue weighted by molar-refractivity contribution is 0.0723. The fourth-order valence-electron chi connectivity index (χ4n) is 4.18. The first-order chi connectivity index (χ1) is 18.0. The number of carbonyl (C=O) groups is 1. The summed E-state index contributed by atoms with van der Waals surface area (Å²) >= 11 is 0. The molecule has 0 aliphatic heterocycles. The van der Waals surface area contributed by atoms with E-state index in [-0.39, 0.29) is 11.7 Å². The Morgan fingerprint density at radius 2 is 1.46 bits per heavy atom. The highest BCUT2D eigenvalue weighted by atomic mass is 19.1. The van der Waals surface area contributed by atoms with Gasteiger partial charge in [0, 0.05) is 36.8 Å². The van der Waals surface area contributed by atoms with E-state index in [0.29, 0.717) is 36.7 Å². The molecule has 5 aromatic rings. The summed E-state index contributed by atoms with van der Waals surface area (Å²) in [5, 5.41) is 4.77. The minimum atomic E-state index is -0.324. The van der Waals surface area contributed by atoms with Gasteiger partial charge in [-0.25, -0.2) is 13.9 Å². The van der Waals surface area contributed by atoms with Gasteiger partial charge in [0.25, 0.3) is 5.91 Å². The molecule has 5 rings (SSSR count). The summed E-state index contributed by atoms with van der Waals surface area (Å²) in [5.41, 5.74) is 4.97. The van der Waals surface area contributed by atoms with Gasteiger partial charge in [0.2, 0.25) is 0 Å². The van der Waals surface area contributed by atoms with Crippen molar-refractivity contribution in [3.63, 3.8) is 0 Å². The van der Waals surface area contributed by atoms with Crippen LogP contribution in [-0.4, -0.2) is 57.5 Å². The van der Waals surface area contributed by atoms with Gasteiger partial charge >= 0.3 is 0 Å². The Hall–Kier alpha value is -4.36. The number of hydrogen-bond acceptors (Lipinski definition) is 4. The number of nitrogens with zero attached hydrogens (tertiary/aromatic N) is 5. The van der Waals surface area contributed by atoms with Crippen LogP contribution in [0.2, 0.25) is 0 Å². The van der Waals surface area contributed by atoms with Gasteiger partial charge in [-0.15, -0.1) is 0 Å². The number of likely N-dealkylation sites (N-methyl/N-ethyl adjacent to an activating group) is 1. The molecule has 2 heterocycles. The lowest BCUT2D eigenvalue weighted by Gasteiger charge is -2.25. The molecule has 0 aliphatic carbocycles. The highest BCUT2D eigenvalue weighted by Crippen LogP contribution is 2.25. The number of fused-ring (bicyclic) bond motifs is 1. The molecule has 6 nitrogen and oxygen atoms in total. The van der Waals surface area contributed by atoms with Crippen LogP contribution in [0, 0.1) is 5.82 Å². The van der Waals surface area contributed by atoms with E-state index in [2.05, 4.69) is 4.90 Å². The maximum atomic E-state index is 14.1. The van der Waals surface area contributed by atoms with Crippen molar-refractivity contribution in [2.45, 2.75) is 6.54 Å². The Kier molecular flexibility index (Phi) is 7.05. The number of amides is 1. The lowest BCUT2D eigenvalue weighted by atomic mass is 10.1. The molecule has 37 heavy (non-hydrogen) atoms. The van der Waals surface area contributed by atoms with E-state index in [1.165, 1.54) is 12.1 Å². The van der Waals surface area contributed by atoms with Gasteiger partial charge in [0.05, 0.1) is 11.4 Å². The fraction of sp³-hybridized carbons (Fsp3) is 0.167. The second-order valence-electron chi connectivity index (χ2n) is 9.21. The molecule has 0 saturated heterocycles. The molecule has 0 N–H and O–H groups in total. The number of rotatable bonds is 8. The van der Waals surface area contributed by atoms with E-state index in [4.69, 9.17) is 10.1 Å². The summed E-state index contributed by atoms with van der Waals surface area (Å²) in [6, 6.07) is 29.5. The highest BCUT2D eigenvalue weighted by Gasteiger charge is 2.22. The van der Waals surface area contributed by atoms with Gasteiger partial charge in [-0.05, 0) is 50.0 Å². The third-order valence-corrected chi connectivity index (χ3v) is 6.18. The molecule has 0 fully saturated rings. The minimum Gasteiger partial charge on any atom is -0.332 e. The Balaban J connectivity index is 1.62. The molecule has 0 aliphatic rings. The van der Waals surface area contributed by atoms with Crippen molar-refractivity contribution in [2.24, 2.45) is 0 Å². The number of halogens is 1. The number of carbonyl (C=O) groups excluding carboxylic acids is 1. The minimum absolute atomic E-state index is 0.149. The van der Waals surface area contributed by atoms with Crippen LogP contribution in [0.5, 0.6) is 0 Å². The summed E-state index contributed by atoms with van der Waals surface area (Å²) in [7, 11) is 3.98. The van der Waals surface area contributed by atoms with Crippen molar-refractivity contribution in [3.8, 4) is 22.5 Å². The van der Waals surface area contributed by atoms with Crippen molar-refractivity contribution < 1.29 is 9.18 Å². The molecular weight excluding hydrogens is 465 g/mol. The lowest BCUT2D eigenvalue weighted by Crippen LogP contribution is -2.37. The SMILES string of the molecule is CN(C)CCN(Cc1ccccc1)C(=O)c1cc(-c2ccc(F)cc2)nc2cc(-c3ccccc3)nn12. The molecule has 2 aromatic heterocycles. The second kappa shape index (κ2) is 10.7. The fourth-order valence-corrected chi connectivity index (χ4v) is 4.18. The van der Waals surface area contributed by atoms with Gasteiger partial charge < -0.3 is 9.80 Å². The Morgan fingerprint density at radius 1 is 0.811 bits per heavy atom. The second-order valence-corrected chi connectivity index (χ2v) is 9.21. The first-order valence-corrected chi connectivity index (χ1v) is 12.2. The van der Waals surface area contributed by atoms with E-state index in [0.717, 1.165) is 22.4 Å². The van der Waals surface area contributed by atoms with Gasteiger partial charge in [0.15, 0.2) is 5.65 Å². The van der Waals surface area contributed by atoms with Crippen molar-refractivity contribution in [1.29, 1.82) is 0 Å². The van der Waals surface area contributed by atoms with Crippen LogP contribution in [0.25, 0.3) is 28.2 Å². The predicted octanol–water partition coefficient (Wildman–Crippen LogP) is 5.41. The quantitative estimate of drug-likeness (QED) is 0.290. The van der Waals surface area contributed by atoms with E-state index in [9.17, 15) is 9.18 Å². The van der Waals surface area contributed by atoms with Crippen LogP contribution in [0.1, 0.15) is 16.1 Å². The van der Waals surface area contributed by atoms with Gasteiger partial charge in [0.1, 0.15) is 11.5 Å². The number of benzene rings is 3. The van der Waals surface area contributed by atoms with E-state index in [1.807, 2.05) is 85.7 Å². The average Bonchev–Trinajstić information content (AvgIpc) is 3.36. The molecule has 1 amide bonds. The first kappa shape index (κ1) is 24.3. The summed E-state index contributed by atoms with van der Waals surface area (Å²) in [6.07, 6.45) is 0. The van der Waals surface area contributed by atoms with Gasteiger partial charge in [-0.2, -0.15) is 5.10 Å². The molecule has 0 atom stereocenters. The Bertz CT molecular complexity index is 1500. The predicted molar refractivity (Wildman–Crippen MR) is 144 cm³/mol. The monoisotopic (exact) mass is 493 g/mol. The van der Waals surface area contributed by atoms with Crippen molar-refractivity contribution in [1.82, 2.24) is 24.4 Å². The molecule has 186 valence electrons. The third kappa shape index (κ3) is 5.57. The zero-order valence-corrected chi connectivity index (χ0v) is 20.9. The largest absolute Gasteiger partial charge is 0.332 e. The molecule has 3 aromatic carbocycles. The summed E-state index contributed by atoms with van der Waals surface area (Å²) in [4.78, 5) is 22.8. The molecule has 0 unspecified atom stereocenters. The van der Waals surface area contributed by atoms with Crippen LogP contribution < -0.4 is 0 Å². The molecule has 0 bridgehead atoms. The van der Waals surface area contributed by atoms with Crippen LogP contribution in [0.15, 0.2) is 97.1 Å². The topological polar surface area (TPSA) is 53.7 Å². The maximum Gasteiger partial charge on any atom is 0.273 e. The smallest absolute Gasteiger partial charge is 0.273 e.